The summed E-state index contributed by atoms with van der Waals surface area (Å²) in [6.45, 7) is 1.21. The van der Waals surface area contributed by atoms with Gasteiger partial charge in [0.15, 0.2) is 0 Å². The smallest absolute Gasteiger partial charge is 0.329 e. The van der Waals surface area contributed by atoms with E-state index in [9.17, 15) is 9.59 Å². The molecule has 0 aromatic rings. The summed E-state index contributed by atoms with van der Waals surface area (Å²) in [6.07, 6.45) is 2.05. The zero-order valence-corrected chi connectivity index (χ0v) is 10.0. The number of methoxy groups -OCH3 is 1. The van der Waals surface area contributed by atoms with Crippen LogP contribution in [-0.2, 0) is 19.1 Å². The maximum atomic E-state index is 11.5. The van der Waals surface area contributed by atoms with Crippen LogP contribution in [0.1, 0.15) is 25.7 Å². The second-order valence-electron chi connectivity index (χ2n) is 4.14. The van der Waals surface area contributed by atoms with E-state index in [0.29, 0.717) is 26.1 Å². The van der Waals surface area contributed by atoms with E-state index in [1.807, 2.05) is 0 Å². The third kappa shape index (κ3) is 3.98. The van der Waals surface area contributed by atoms with E-state index in [-0.39, 0.29) is 18.9 Å². The second-order valence-corrected chi connectivity index (χ2v) is 4.14. The highest BCUT2D eigenvalue weighted by Gasteiger charge is 2.45. The van der Waals surface area contributed by atoms with Crippen molar-refractivity contribution in [1.82, 2.24) is 5.32 Å². The van der Waals surface area contributed by atoms with Gasteiger partial charge < -0.3 is 19.9 Å². The third-order valence-electron chi connectivity index (χ3n) is 2.90. The van der Waals surface area contributed by atoms with Gasteiger partial charge in [0.1, 0.15) is 5.54 Å². The molecule has 1 fully saturated rings. The molecular weight excluding hydrogens is 226 g/mol. The summed E-state index contributed by atoms with van der Waals surface area (Å²) in [5.74, 6) is -1.22. The normalized spacial score (nSPS) is 17.2. The molecule has 1 aliphatic carbocycles. The largest absolute Gasteiger partial charge is 0.480 e. The number of aliphatic carboxylic acids is 1. The van der Waals surface area contributed by atoms with Crippen molar-refractivity contribution >= 4 is 11.9 Å². The highest BCUT2D eigenvalue weighted by atomic mass is 16.5. The molecule has 0 heterocycles. The van der Waals surface area contributed by atoms with Crippen LogP contribution in [0, 0.1) is 0 Å². The first-order chi connectivity index (χ1) is 8.10. The number of hydrogen-bond donors (Lipinski definition) is 2. The molecule has 17 heavy (non-hydrogen) atoms. The zero-order chi connectivity index (χ0) is 12.7. The third-order valence-corrected chi connectivity index (χ3v) is 2.90. The van der Waals surface area contributed by atoms with Gasteiger partial charge in [-0.15, -0.1) is 0 Å². The monoisotopic (exact) mass is 245 g/mol. The molecule has 0 aromatic heterocycles. The summed E-state index contributed by atoms with van der Waals surface area (Å²) in [6, 6.07) is 0. The van der Waals surface area contributed by atoms with Gasteiger partial charge >= 0.3 is 5.97 Å². The molecule has 0 radical (unpaired) electrons. The highest BCUT2D eigenvalue weighted by molar-refractivity contribution is 5.87. The van der Waals surface area contributed by atoms with Gasteiger partial charge in [-0.2, -0.15) is 0 Å². The predicted octanol–water partition coefficient (Wildman–Crippen LogP) is 0.163. The van der Waals surface area contributed by atoms with Crippen LogP contribution in [0.2, 0.25) is 0 Å². The number of nitrogens with one attached hydrogen (secondary N) is 1. The molecule has 0 saturated heterocycles. The Morgan fingerprint density at radius 2 is 2.00 bits per heavy atom. The number of carbonyl (C=O) groups excluding carboxylic acids is 1. The molecule has 6 heteroatoms. The molecule has 6 nitrogen and oxygen atoms in total. The van der Waals surface area contributed by atoms with Crippen molar-refractivity contribution in [2.45, 2.75) is 31.2 Å². The molecule has 0 unspecified atom stereocenters. The van der Waals surface area contributed by atoms with E-state index < -0.39 is 11.5 Å². The van der Waals surface area contributed by atoms with Crippen molar-refractivity contribution in [2.75, 3.05) is 26.9 Å². The van der Waals surface area contributed by atoms with Crippen LogP contribution in [0.3, 0.4) is 0 Å². The summed E-state index contributed by atoms with van der Waals surface area (Å²) in [4.78, 5) is 22.5. The lowest BCUT2D eigenvalue weighted by atomic mass is 9.76. The molecule has 0 aromatic carbocycles. The minimum Gasteiger partial charge on any atom is -0.480 e. The van der Waals surface area contributed by atoms with Crippen LogP contribution in [0.25, 0.3) is 0 Å². The van der Waals surface area contributed by atoms with E-state index in [4.69, 9.17) is 14.6 Å². The van der Waals surface area contributed by atoms with Gasteiger partial charge in [-0.05, 0) is 19.3 Å². The fourth-order valence-corrected chi connectivity index (χ4v) is 1.66. The van der Waals surface area contributed by atoms with Crippen molar-refractivity contribution in [3.05, 3.63) is 0 Å². The molecule has 1 amide bonds. The van der Waals surface area contributed by atoms with Crippen molar-refractivity contribution < 1.29 is 24.2 Å². The summed E-state index contributed by atoms with van der Waals surface area (Å²) in [5, 5.41) is 11.6. The first kappa shape index (κ1) is 13.9. The topological polar surface area (TPSA) is 84.9 Å². The number of ether oxygens (including phenoxy) is 2. The van der Waals surface area contributed by atoms with E-state index in [1.54, 1.807) is 7.11 Å². The van der Waals surface area contributed by atoms with Crippen molar-refractivity contribution in [3.63, 3.8) is 0 Å². The molecule has 1 rings (SSSR count). The molecule has 0 aliphatic heterocycles. The summed E-state index contributed by atoms with van der Waals surface area (Å²) >= 11 is 0. The number of amides is 1. The van der Waals surface area contributed by atoms with E-state index >= 15 is 0 Å². The first-order valence-electron chi connectivity index (χ1n) is 5.72. The maximum absolute atomic E-state index is 11.5. The van der Waals surface area contributed by atoms with Crippen molar-refractivity contribution in [2.24, 2.45) is 0 Å². The lowest BCUT2D eigenvalue weighted by Crippen LogP contribution is -2.59. The first-order valence-corrected chi connectivity index (χ1v) is 5.72. The lowest BCUT2D eigenvalue weighted by Gasteiger charge is -2.38. The van der Waals surface area contributed by atoms with Crippen LogP contribution in [-0.4, -0.2) is 49.5 Å². The Labute approximate surface area is 100 Å². The number of carboxylic acids is 1. The summed E-state index contributed by atoms with van der Waals surface area (Å²) in [5.41, 5.74) is -1.02. The van der Waals surface area contributed by atoms with Crippen LogP contribution in [0.5, 0.6) is 0 Å². The summed E-state index contributed by atoms with van der Waals surface area (Å²) < 4.78 is 9.92. The molecule has 0 atom stereocenters. The maximum Gasteiger partial charge on any atom is 0.329 e. The number of rotatable bonds is 8. The Kier molecular flexibility index (Phi) is 5.37. The van der Waals surface area contributed by atoms with Gasteiger partial charge in [0.25, 0.3) is 0 Å². The van der Waals surface area contributed by atoms with Crippen molar-refractivity contribution in [1.29, 1.82) is 0 Å². The van der Waals surface area contributed by atoms with Crippen LogP contribution < -0.4 is 5.32 Å². The van der Waals surface area contributed by atoms with E-state index in [0.717, 1.165) is 6.42 Å². The standard InChI is InChI=1S/C11H19NO5/c1-16-7-8-17-6-3-9(13)12-11(10(14)15)4-2-5-11/h2-8H2,1H3,(H,12,13)(H,14,15). The SMILES string of the molecule is COCCOCCC(=O)NC1(C(=O)O)CCC1. The highest BCUT2D eigenvalue weighted by Crippen LogP contribution is 2.31. The fraction of sp³-hybridized carbons (Fsp3) is 0.818. The average Bonchev–Trinajstić information content (AvgIpc) is 2.22. The molecule has 0 spiro atoms. The fourth-order valence-electron chi connectivity index (χ4n) is 1.66. The Morgan fingerprint density at radius 3 is 2.47 bits per heavy atom. The molecule has 98 valence electrons. The van der Waals surface area contributed by atoms with Gasteiger partial charge in [0.05, 0.1) is 19.8 Å². The number of hydrogen-bond acceptors (Lipinski definition) is 4. The Morgan fingerprint density at radius 1 is 1.29 bits per heavy atom. The van der Waals surface area contributed by atoms with Crippen LogP contribution >= 0.6 is 0 Å². The predicted molar refractivity (Wildman–Crippen MR) is 59.7 cm³/mol. The second kappa shape index (κ2) is 6.56. The van der Waals surface area contributed by atoms with Crippen LogP contribution in [0.15, 0.2) is 0 Å². The van der Waals surface area contributed by atoms with Gasteiger partial charge in [-0.3, -0.25) is 4.79 Å². The molecule has 1 saturated carbocycles. The molecule has 2 N–H and O–H groups in total. The minimum atomic E-state index is -1.02. The zero-order valence-electron chi connectivity index (χ0n) is 10.0. The van der Waals surface area contributed by atoms with Gasteiger partial charge in [-0.25, -0.2) is 4.79 Å². The molecule has 1 aliphatic rings. The van der Waals surface area contributed by atoms with Gasteiger partial charge in [-0.1, -0.05) is 0 Å². The summed E-state index contributed by atoms with van der Waals surface area (Å²) in [7, 11) is 1.57. The number of carboxylic acid groups (broad SMARTS) is 1. The van der Waals surface area contributed by atoms with Crippen molar-refractivity contribution in [3.8, 4) is 0 Å². The average molecular weight is 245 g/mol. The Balaban J connectivity index is 2.18. The quantitative estimate of drug-likeness (QED) is 0.595. The van der Waals surface area contributed by atoms with Gasteiger partial charge in [0.2, 0.25) is 5.91 Å². The Bertz CT molecular complexity index is 275. The molecular formula is C11H19NO5. The van der Waals surface area contributed by atoms with E-state index in [1.165, 1.54) is 0 Å². The van der Waals surface area contributed by atoms with E-state index in [2.05, 4.69) is 5.32 Å². The lowest BCUT2D eigenvalue weighted by molar-refractivity contribution is -0.152. The molecule has 0 bridgehead atoms. The minimum absolute atomic E-state index is 0.179. The number of carbonyl (C=O) groups is 2. The van der Waals surface area contributed by atoms with Crippen LogP contribution in [0.4, 0.5) is 0 Å². The van der Waals surface area contributed by atoms with Gasteiger partial charge in [0, 0.05) is 13.5 Å². The Hall–Kier alpha value is -1.14.